The minimum atomic E-state index is -0.380. The molecule has 1 aromatic heterocycles. The Morgan fingerprint density at radius 1 is 1.00 bits per heavy atom. The standard InChI is InChI=1S/C27H20BrN3O4S/c1-33-18-11-12-22-21(14-18)30-26(35-22)15-7-9-17(10-8-15)29-27(36)31-25(32)20-13-16-5-3-4-6-19(16)23(28)24(20)34-2/h3-14H,1-2H3,(H2,29,31,32,36). The molecular weight excluding hydrogens is 542 g/mol. The normalized spacial score (nSPS) is 10.9. The molecular formula is C27H20BrN3O4S. The molecule has 0 radical (unpaired) electrons. The van der Waals surface area contributed by atoms with Crippen molar-refractivity contribution in [1.29, 1.82) is 0 Å². The second-order valence-electron chi connectivity index (χ2n) is 7.83. The predicted molar refractivity (Wildman–Crippen MR) is 148 cm³/mol. The van der Waals surface area contributed by atoms with Gasteiger partial charge >= 0.3 is 0 Å². The average molecular weight is 562 g/mol. The Hall–Kier alpha value is -3.95. The van der Waals surface area contributed by atoms with Crippen LogP contribution in [0.3, 0.4) is 0 Å². The zero-order chi connectivity index (χ0) is 25.2. The first kappa shape index (κ1) is 23.8. The number of rotatable bonds is 5. The fourth-order valence-corrected chi connectivity index (χ4v) is 4.79. The number of carbonyl (C=O) groups excluding carboxylic acids is 1. The van der Waals surface area contributed by atoms with E-state index in [1.54, 1.807) is 13.2 Å². The molecule has 36 heavy (non-hydrogen) atoms. The largest absolute Gasteiger partial charge is 0.497 e. The number of oxazole rings is 1. The van der Waals surface area contributed by atoms with E-state index in [1.165, 1.54) is 7.11 Å². The van der Waals surface area contributed by atoms with Gasteiger partial charge in [-0.2, -0.15) is 0 Å². The quantitative estimate of drug-likeness (QED) is 0.235. The van der Waals surface area contributed by atoms with Crippen LogP contribution in [0.2, 0.25) is 0 Å². The molecule has 0 unspecified atom stereocenters. The number of hydrogen-bond donors (Lipinski definition) is 2. The summed E-state index contributed by atoms with van der Waals surface area (Å²) in [4.78, 5) is 17.6. The first-order chi connectivity index (χ1) is 17.5. The summed E-state index contributed by atoms with van der Waals surface area (Å²) < 4.78 is 17.3. The number of aromatic nitrogens is 1. The van der Waals surface area contributed by atoms with E-state index in [0.29, 0.717) is 44.2 Å². The van der Waals surface area contributed by atoms with E-state index in [-0.39, 0.29) is 11.0 Å². The lowest BCUT2D eigenvalue weighted by atomic mass is 10.1. The number of benzene rings is 4. The predicted octanol–water partition coefficient (Wildman–Crippen LogP) is 6.55. The van der Waals surface area contributed by atoms with Crippen LogP contribution >= 0.6 is 28.1 Å². The zero-order valence-electron chi connectivity index (χ0n) is 19.3. The van der Waals surface area contributed by atoms with E-state index in [0.717, 1.165) is 16.3 Å². The fourth-order valence-electron chi connectivity index (χ4n) is 3.84. The highest BCUT2D eigenvalue weighted by atomic mass is 79.9. The molecule has 0 aliphatic rings. The summed E-state index contributed by atoms with van der Waals surface area (Å²) in [6, 6.07) is 22.4. The lowest BCUT2D eigenvalue weighted by Gasteiger charge is -2.14. The molecule has 1 heterocycles. The van der Waals surface area contributed by atoms with Crippen LogP contribution in [0.5, 0.6) is 11.5 Å². The molecule has 0 atom stereocenters. The summed E-state index contributed by atoms with van der Waals surface area (Å²) in [5, 5.41) is 7.77. The summed E-state index contributed by atoms with van der Waals surface area (Å²) in [6.45, 7) is 0. The SMILES string of the molecule is COc1ccc2oc(-c3ccc(NC(=S)NC(=O)c4cc5ccccc5c(Br)c4OC)cc3)nc2c1. The first-order valence-electron chi connectivity index (χ1n) is 10.9. The zero-order valence-corrected chi connectivity index (χ0v) is 21.7. The minimum Gasteiger partial charge on any atom is -0.497 e. The van der Waals surface area contributed by atoms with E-state index in [2.05, 4.69) is 31.5 Å². The van der Waals surface area contributed by atoms with Gasteiger partial charge in [0.1, 0.15) is 17.0 Å². The highest BCUT2D eigenvalue weighted by Gasteiger charge is 2.19. The van der Waals surface area contributed by atoms with Gasteiger partial charge in [-0.05, 0) is 81.4 Å². The lowest BCUT2D eigenvalue weighted by Crippen LogP contribution is -2.34. The summed E-state index contributed by atoms with van der Waals surface area (Å²) in [5.74, 6) is 1.27. The van der Waals surface area contributed by atoms with Gasteiger partial charge in [-0.25, -0.2) is 4.98 Å². The van der Waals surface area contributed by atoms with Gasteiger partial charge in [0, 0.05) is 17.3 Å². The molecule has 0 spiro atoms. The van der Waals surface area contributed by atoms with Gasteiger partial charge in [0.15, 0.2) is 10.7 Å². The number of carbonyl (C=O) groups is 1. The molecule has 0 saturated heterocycles. The van der Waals surface area contributed by atoms with E-state index < -0.39 is 0 Å². The van der Waals surface area contributed by atoms with Crippen LogP contribution in [0.15, 0.2) is 81.7 Å². The van der Waals surface area contributed by atoms with Crippen LogP contribution in [0, 0.1) is 0 Å². The van der Waals surface area contributed by atoms with Crippen molar-refractivity contribution in [2.24, 2.45) is 0 Å². The molecule has 4 aromatic carbocycles. The number of ether oxygens (including phenoxy) is 2. The second kappa shape index (κ2) is 9.96. The molecule has 1 amide bonds. The molecule has 0 bridgehead atoms. The molecule has 180 valence electrons. The third-order valence-corrected chi connectivity index (χ3v) is 6.59. The number of amides is 1. The molecule has 9 heteroatoms. The molecule has 0 aliphatic heterocycles. The first-order valence-corrected chi connectivity index (χ1v) is 12.1. The van der Waals surface area contributed by atoms with Gasteiger partial charge in [0.2, 0.25) is 5.89 Å². The number of nitrogens with zero attached hydrogens (tertiary/aromatic N) is 1. The third kappa shape index (κ3) is 4.62. The highest BCUT2D eigenvalue weighted by molar-refractivity contribution is 9.10. The summed E-state index contributed by atoms with van der Waals surface area (Å²) in [6.07, 6.45) is 0. The second-order valence-corrected chi connectivity index (χ2v) is 9.03. The lowest BCUT2D eigenvalue weighted by molar-refractivity contribution is 0.0975. The van der Waals surface area contributed by atoms with E-state index >= 15 is 0 Å². The summed E-state index contributed by atoms with van der Waals surface area (Å²) >= 11 is 8.93. The van der Waals surface area contributed by atoms with Crippen LogP contribution in [0.1, 0.15) is 10.4 Å². The maximum Gasteiger partial charge on any atom is 0.261 e. The Kier molecular flexibility index (Phi) is 6.58. The van der Waals surface area contributed by atoms with Crippen molar-refractivity contribution in [3.05, 3.63) is 82.8 Å². The topological polar surface area (TPSA) is 85.6 Å². The molecule has 2 N–H and O–H groups in total. The van der Waals surface area contributed by atoms with Crippen molar-refractivity contribution in [1.82, 2.24) is 10.3 Å². The smallest absolute Gasteiger partial charge is 0.261 e. The Morgan fingerprint density at radius 2 is 1.78 bits per heavy atom. The van der Waals surface area contributed by atoms with Gasteiger partial charge in [-0.1, -0.05) is 24.3 Å². The number of hydrogen-bond acceptors (Lipinski definition) is 6. The Balaban J connectivity index is 1.30. The molecule has 0 saturated carbocycles. The fraction of sp³-hybridized carbons (Fsp3) is 0.0741. The van der Waals surface area contributed by atoms with Crippen LogP contribution in [-0.4, -0.2) is 30.2 Å². The Labute approximate surface area is 220 Å². The molecule has 0 fully saturated rings. The number of halogens is 1. The van der Waals surface area contributed by atoms with E-state index in [4.69, 9.17) is 26.1 Å². The van der Waals surface area contributed by atoms with Crippen molar-refractivity contribution in [3.63, 3.8) is 0 Å². The van der Waals surface area contributed by atoms with Crippen LogP contribution in [0.4, 0.5) is 5.69 Å². The van der Waals surface area contributed by atoms with Crippen molar-refractivity contribution >= 4 is 66.7 Å². The number of anilines is 1. The van der Waals surface area contributed by atoms with Gasteiger partial charge in [0.05, 0.1) is 24.3 Å². The van der Waals surface area contributed by atoms with Crippen molar-refractivity contribution in [2.75, 3.05) is 19.5 Å². The number of thiocarbonyl (C=S) groups is 1. The maximum atomic E-state index is 13.0. The van der Waals surface area contributed by atoms with Gasteiger partial charge in [0.25, 0.3) is 5.91 Å². The van der Waals surface area contributed by atoms with E-state index in [1.807, 2.05) is 66.7 Å². The Morgan fingerprint density at radius 3 is 2.53 bits per heavy atom. The van der Waals surface area contributed by atoms with Gasteiger partial charge < -0.3 is 19.2 Å². The number of fused-ring (bicyclic) bond motifs is 2. The maximum absolute atomic E-state index is 13.0. The van der Waals surface area contributed by atoms with Crippen LogP contribution in [0.25, 0.3) is 33.3 Å². The Bertz CT molecular complexity index is 1620. The van der Waals surface area contributed by atoms with Crippen molar-refractivity contribution in [2.45, 2.75) is 0 Å². The molecule has 0 aliphatic carbocycles. The number of methoxy groups -OCH3 is 2. The highest BCUT2D eigenvalue weighted by Crippen LogP contribution is 2.36. The molecule has 5 rings (SSSR count). The number of nitrogens with one attached hydrogen (secondary N) is 2. The molecule has 5 aromatic rings. The van der Waals surface area contributed by atoms with Crippen LogP contribution < -0.4 is 20.1 Å². The van der Waals surface area contributed by atoms with Crippen LogP contribution in [-0.2, 0) is 0 Å². The summed E-state index contributed by atoms with van der Waals surface area (Å²) in [5.41, 5.74) is 3.26. The summed E-state index contributed by atoms with van der Waals surface area (Å²) in [7, 11) is 3.13. The monoisotopic (exact) mass is 561 g/mol. The molecule has 7 nitrogen and oxygen atoms in total. The minimum absolute atomic E-state index is 0.160. The average Bonchev–Trinajstić information content (AvgIpc) is 3.32. The van der Waals surface area contributed by atoms with E-state index in [9.17, 15) is 4.79 Å². The third-order valence-electron chi connectivity index (χ3n) is 5.60. The van der Waals surface area contributed by atoms with Crippen molar-refractivity contribution < 1.29 is 18.7 Å². The van der Waals surface area contributed by atoms with Gasteiger partial charge in [-0.15, -0.1) is 0 Å². The van der Waals surface area contributed by atoms with Crippen molar-refractivity contribution in [3.8, 4) is 23.0 Å². The van der Waals surface area contributed by atoms with Gasteiger partial charge in [-0.3, -0.25) is 10.1 Å².